The maximum absolute atomic E-state index is 13.4. The van der Waals surface area contributed by atoms with E-state index in [4.69, 9.17) is 5.73 Å². The molecule has 0 saturated carbocycles. The Hall–Kier alpha value is -1.49. The SMILES string of the molecule is CC(c1cc(F)ccc1F)N(C)C(=O)CN. The van der Waals surface area contributed by atoms with E-state index in [-0.39, 0.29) is 18.0 Å². The molecular weight excluding hydrogens is 214 g/mol. The highest BCUT2D eigenvalue weighted by atomic mass is 19.1. The van der Waals surface area contributed by atoms with E-state index in [0.29, 0.717) is 0 Å². The van der Waals surface area contributed by atoms with Gasteiger partial charge in [0.2, 0.25) is 5.91 Å². The molecule has 1 rings (SSSR count). The number of benzene rings is 1. The summed E-state index contributed by atoms with van der Waals surface area (Å²) in [5.41, 5.74) is 5.34. The third-order valence-corrected chi connectivity index (χ3v) is 2.56. The molecule has 16 heavy (non-hydrogen) atoms. The molecule has 3 nitrogen and oxygen atoms in total. The Labute approximate surface area is 92.8 Å². The van der Waals surface area contributed by atoms with E-state index in [9.17, 15) is 13.6 Å². The zero-order valence-electron chi connectivity index (χ0n) is 9.21. The van der Waals surface area contributed by atoms with Gasteiger partial charge in [-0.3, -0.25) is 4.79 Å². The van der Waals surface area contributed by atoms with Gasteiger partial charge in [0.1, 0.15) is 11.6 Å². The molecule has 0 spiro atoms. The molecule has 0 fully saturated rings. The molecule has 1 aromatic rings. The molecule has 0 aliphatic heterocycles. The third-order valence-electron chi connectivity index (χ3n) is 2.56. The lowest BCUT2D eigenvalue weighted by Gasteiger charge is -2.25. The fraction of sp³-hybridized carbons (Fsp3) is 0.364. The van der Waals surface area contributed by atoms with Crippen LogP contribution in [0.3, 0.4) is 0 Å². The lowest BCUT2D eigenvalue weighted by Crippen LogP contribution is -2.35. The smallest absolute Gasteiger partial charge is 0.236 e. The van der Waals surface area contributed by atoms with Crippen LogP contribution >= 0.6 is 0 Å². The van der Waals surface area contributed by atoms with Crippen molar-refractivity contribution >= 4 is 5.91 Å². The number of nitrogens with two attached hydrogens (primary N) is 1. The van der Waals surface area contributed by atoms with Crippen LogP contribution in [0.15, 0.2) is 18.2 Å². The topological polar surface area (TPSA) is 46.3 Å². The monoisotopic (exact) mass is 228 g/mol. The Kier molecular flexibility index (Phi) is 3.95. The predicted molar refractivity (Wildman–Crippen MR) is 56.6 cm³/mol. The maximum atomic E-state index is 13.4. The first-order valence-electron chi connectivity index (χ1n) is 4.88. The van der Waals surface area contributed by atoms with E-state index in [1.807, 2.05) is 0 Å². The standard InChI is InChI=1S/C11H14F2N2O/c1-7(15(2)11(16)6-14)9-5-8(12)3-4-10(9)13/h3-5,7H,6,14H2,1-2H3. The van der Waals surface area contributed by atoms with Crippen LogP contribution in [0.25, 0.3) is 0 Å². The summed E-state index contributed by atoms with van der Waals surface area (Å²) >= 11 is 0. The number of rotatable bonds is 3. The van der Waals surface area contributed by atoms with Crippen molar-refractivity contribution in [2.24, 2.45) is 5.73 Å². The van der Waals surface area contributed by atoms with E-state index in [0.717, 1.165) is 18.2 Å². The van der Waals surface area contributed by atoms with Crippen LogP contribution < -0.4 is 5.73 Å². The zero-order chi connectivity index (χ0) is 12.3. The molecule has 88 valence electrons. The van der Waals surface area contributed by atoms with Crippen molar-refractivity contribution in [3.8, 4) is 0 Å². The van der Waals surface area contributed by atoms with Crippen molar-refractivity contribution in [3.05, 3.63) is 35.4 Å². The lowest BCUT2D eigenvalue weighted by atomic mass is 10.1. The first kappa shape index (κ1) is 12.6. The summed E-state index contributed by atoms with van der Waals surface area (Å²) < 4.78 is 26.4. The molecule has 1 unspecified atom stereocenters. The molecule has 2 N–H and O–H groups in total. The van der Waals surface area contributed by atoms with Crippen molar-refractivity contribution < 1.29 is 13.6 Å². The predicted octanol–water partition coefficient (Wildman–Crippen LogP) is 1.44. The summed E-state index contributed by atoms with van der Waals surface area (Å²) in [4.78, 5) is 12.6. The number of nitrogens with zero attached hydrogens (tertiary/aromatic N) is 1. The van der Waals surface area contributed by atoms with Crippen LogP contribution in [0.1, 0.15) is 18.5 Å². The molecule has 1 amide bonds. The van der Waals surface area contributed by atoms with Gasteiger partial charge in [0.25, 0.3) is 0 Å². The number of carbonyl (C=O) groups is 1. The lowest BCUT2D eigenvalue weighted by molar-refractivity contribution is -0.130. The van der Waals surface area contributed by atoms with Gasteiger partial charge in [-0.05, 0) is 25.1 Å². The fourth-order valence-corrected chi connectivity index (χ4v) is 1.40. The molecule has 0 heterocycles. The van der Waals surface area contributed by atoms with E-state index < -0.39 is 17.7 Å². The third kappa shape index (κ3) is 2.55. The second-order valence-corrected chi connectivity index (χ2v) is 3.55. The van der Waals surface area contributed by atoms with Crippen LogP contribution in [0.4, 0.5) is 8.78 Å². The minimum Gasteiger partial charge on any atom is -0.338 e. The number of amides is 1. The Morgan fingerprint density at radius 1 is 1.50 bits per heavy atom. The molecule has 0 saturated heterocycles. The van der Waals surface area contributed by atoms with Gasteiger partial charge in [-0.25, -0.2) is 8.78 Å². The molecule has 5 heteroatoms. The van der Waals surface area contributed by atoms with Crippen LogP contribution in [-0.2, 0) is 4.79 Å². The first-order valence-corrected chi connectivity index (χ1v) is 4.88. The van der Waals surface area contributed by atoms with Gasteiger partial charge in [0.05, 0.1) is 12.6 Å². The van der Waals surface area contributed by atoms with Gasteiger partial charge in [-0.15, -0.1) is 0 Å². The normalized spacial score (nSPS) is 12.3. The van der Waals surface area contributed by atoms with Crippen LogP contribution in [0, 0.1) is 11.6 Å². The summed E-state index contributed by atoms with van der Waals surface area (Å²) in [5.74, 6) is -1.39. The Bertz CT molecular complexity index is 396. The van der Waals surface area contributed by atoms with Gasteiger partial charge < -0.3 is 10.6 Å². The van der Waals surface area contributed by atoms with E-state index >= 15 is 0 Å². The summed E-state index contributed by atoms with van der Waals surface area (Å²) in [7, 11) is 1.50. The highest BCUT2D eigenvalue weighted by molar-refractivity contribution is 5.78. The highest BCUT2D eigenvalue weighted by Crippen LogP contribution is 2.22. The van der Waals surface area contributed by atoms with Crippen molar-refractivity contribution in [1.82, 2.24) is 4.90 Å². The van der Waals surface area contributed by atoms with Gasteiger partial charge in [0, 0.05) is 12.6 Å². The zero-order valence-corrected chi connectivity index (χ0v) is 9.21. The van der Waals surface area contributed by atoms with Gasteiger partial charge in [0.15, 0.2) is 0 Å². The average molecular weight is 228 g/mol. The van der Waals surface area contributed by atoms with Crippen molar-refractivity contribution in [1.29, 1.82) is 0 Å². The summed E-state index contributed by atoms with van der Waals surface area (Å²) in [6.45, 7) is 1.46. The Balaban J connectivity index is 2.99. The second-order valence-electron chi connectivity index (χ2n) is 3.55. The molecule has 0 aromatic heterocycles. The average Bonchev–Trinajstić information content (AvgIpc) is 2.29. The number of carbonyl (C=O) groups excluding carboxylic acids is 1. The number of hydrogen-bond acceptors (Lipinski definition) is 2. The number of halogens is 2. The van der Waals surface area contributed by atoms with E-state index in [1.54, 1.807) is 6.92 Å². The quantitative estimate of drug-likeness (QED) is 0.851. The van der Waals surface area contributed by atoms with E-state index in [1.165, 1.54) is 11.9 Å². The van der Waals surface area contributed by atoms with Gasteiger partial charge >= 0.3 is 0 Å². The fourth-order valence-electron chi connectivity index (χ4n) is 1.40. The first-order chi connectivity index (χ1) is 7.47. The molecule has 0 aliphatic rings. The summed E-state index contributed by atoms with van der Waals surface area (Å²) in [6, 6.07) is 2.62. The van der Waals surface area contributed by atoms with E-state index in [2.05, 4.69) is 0 Å². The van der Waals surface area contributed by atoms with Crippen molar-refractivity contribution in [2.45, 2.75) is 13.0 Å². The summed E-state index contributed by atoms with van der Waals surface area (Å²) in [6.07, 6.45) is 0. The molecule has 0 bridgehead atoms. The van der Waals surface area contributed by atoms with Crippen LogP contribution in [0.5, 0.6) is 0 Å². The van der Waals surface area contributed by atoms with Gasteiger partial charge in [-0.1, -0.05) is 0 Å². The molecular formula is C11H14F2N2O. The molecule has 0 aliphatic carbocycles. The minimum absolute atomic E-state index is 0.143. The van der Waals surface area contributed by atoms with Crippen molar-refractivity contribution in [3.63, 3.8) is 0 Å². The molecule has 1 aromatic carbocycles. The Morgan fingerprint density at radius 3 is 2.69 bits per heavy atom. The van der Waals surface area contributed by atoms with Crippen molar-refractivity contribution in [2.75, 3.05) is 13.6 Å². The largest absolute Gasteiger partial charge is 0.338 e. The molecule has 1 atom stereocenters. The van der Waals surface area contributed by atoms with Crippen LogP contribution in [-0.4, -0.2) is 24.4 Å². The minimum atomic E-state index is -0.549. The number of likely N-dealkylation sites (N-methyl/N-ethyl adjacent to an activating group) is 1. The maximum Gasteiger partial charge on any atom is 0.236 e. The Morgan fingerprint density at radius 2 is 2.12 bits per heavy atom. The number of hydrogen-bond donors (Lipinski definition) is 1. The highest BCUT2D eigenvalue weighted by Gasteiger charge is 2.19. The van der Waals surface area contributed by atoms with Crippen LogP contribution in [0.2, 0.25) is 0 Å². The summed E-state index contributed by atoms with van der Waals surface area (Å²) in [5, 5.41) is 0. The molecule has 0 radical (unpaired) electrons. The van der Waals surface area contributed by atoms with Gasteiger partial charge in [-0.2, -0.15) is 0 Å². The second kappa shape index (κ2) is 5.03.